The Hall–Kier alpha value is -6.45. The first-order valence-electron chi connectivity index (χ1n) is 16.2. The predicted octanol–water partition coefficient (Wildman–Crippen LogP) is 11.7. The summed E-state index contributed by atoms with van der Waals surface area (Å²) in [5, 5.41) is 7.55. The van der Waals surface area contributed by atoms with Gasteiger partial charge >= 0.3 is 0 Å². The van der Waals surface area contributed by atoms with Crippen LogP contribution >= 0.6 is 0 Å². The SMILES string of the molecule is c1ccc(-c2cc(-c3ccc(-c4nc(-c5ccccc5)nc(-c5ccccc5)n4)cc3)c3c4ccccc4c4ccccc4c3c2)cc1. The van der Waals surface area contributed by atoms with E-state index < -0.39 is 0 Å². The Balaban J connectivity index is 1.25. The van der Waals surface area contributed by atoms with Crippen LogP contribution in [0.5, 0.6) is 0 Å². The first kappa shape index (κ1) is 27.8. The Morgan fingerprint density at radius 1 is 0.250 bits per heavy atom. The zero-order valence-electron chi connectivity index (χ0n) is 26.1. The number of hydrogen-bond acceptors (Lipinski definition) is 3. The smallest absolute Gasteiger partial charge is 0.164 e. The zero-order chi connectivity index (χ0) is 31.9. The molecule has 1 aromatic heterocycles. The van der Waals surface area contributed by atoms with E-state index in [0.717, 1.165) is 22.3 Å². The van der Waals surface area contributed by atoms with E-state index >= 15 is 0 Å². The van der Waals surface area contributed by atoms with Gasteiger partial charge in [0.2, 0.25) is 0 Å². The average Bonchev–Trinajstić information content (AvgIpc) is 3.18. The van der Waals surface area contributed by atoms with Gasteiger partial charge in [0.05, 0.1) is 0 Å². The van der Waals surface area contributed by atoms with Crippen LogP contribution in [-0.2, 0) is 0 Å². The Bertz CT molecular complexity index is 2520. The standard InChI is InChI=1S/C45H29N3/c1-4-14-30(15-5-1)35-28-40(42-39-23-13-12-21-37(39)36-20-10-11-22-38(36)41(42)29-35)31-24-26-34(27-25-31)45-47-43(32-16-6-2-7-17-32)46-44(48-45)33-18-8-3-9-19-33/h1-29H. The van der Waals surface area contributed by atoms with Gasteiger partial charge in [-0.25, -0.2) is 15.0 Å². The second-order valence-corrected chi connectivity index (χ2v) is 12.0. The zero-order valence-corrected chi connectivity index (χ0v) is 26.1. The maximum Gasteiger partial charge on any atom is 0.164 e. The normalized spacial score (nSPS) is 11.3. The van der Waals surface area contributed by atoms with Gasteiger partial charge in [-0.05, 0) is 66.7 Å². The first-order valence-corrected chi connectivity index (χ1v) is 16.2. The number of aromatic nitrogens is 3. The molecule has 0 amide bonds. The van der Waals surface area contributed by atoms with Crippen molar-refractivity contribution < 1.29 is 0 Å². The van der Waals surface area contributed by atoms with Gasteiger partial charge in [-0.2, -0.15) is 0 Å². The Morgan fingerprint density at radius 2 is 0.625 bits per heavy atom. The molecular weight excluding hydrogens is 583 g/mol. The van der Waals surface area contributed by atoms with E-state index in [0.29, 0.717) is 17.5 Å². The molecular formula is C45H29N3. The highest BCUT2D eigenvalue weighted by molar-refractivity contribution is 6.29. The summed E-state index contributed by atoms with van der Waals surface area (Å²) in [6, 6.07) is 61.8. The van der Waals surface area contributed by atoms with Gasteiger partial charge in [0.1, 0.15) is 0 Å². The van der Waals surface area contributed by atoms with Crippen LogP contribution in [0.1, 0.15) is 0 Å². The summed E-state index contributed by atoms with van der Waals surface area (Å²) in [5.41, 5.74) is 7.58. The fraction of sp³-hybridized carbons (Fsp3) is 0. The number of benzene rings is 8. The third-order valence-electron chi connectivity index (χ3n) is 9.10. The molecule has 0 aliphatic carbocycles. The van der Waals surface area contributed by atoms with Crippen LogP contribution in [0.25, 0.3) is 88.7 Å². The molecule has 9 aromatic rings. The van der Waals surface area contributed by atoms with Gasteiger partial charge < -0.3 is 0 Å². The number of nitrogens with zero attached hydrogens (tertiary/aromatic N) is 3. The Labute approximate surface area is 278 Å². The summed E-state index contributed by atoms with van der Waals surface area (Å²) < 4.78 is 0. The second kappa shape index (κ2) is 11.7. The summed E-state index contributed by atoms with van der Waals surface area (Å²) in [6.07, 6.45) is 0. The van der Waals surface area contributed by atoms with Crippen molar-refractivity contribution in [3.63, 3.8) is 0 Å². The molecule has 8 aromatic carbocycles. The molecule has 0 radical (unpaired) electrons. The lowest BCUT2D eigenvalue weighted by Gasteiger charge is -2.17. The van der Waals surface area contributed by atoms with E-state index in [-0.39, 0.29) is 0 Å². The lowest BCUT2D eigenvalue weighted by atomic mass is 9.87. The van der Waals surface area contributed by atoms with Crippen molar-refractivity contribution in [1.29, 1.82) is 0 Å². The third-order valence-corrected chi connectivity index (χ3v) is 9.10. The molecule has 0 atom stereocenters. The van der Waals surface area contributed by atoms with Crippen molar-refractivity contribution in [2.45, 2.75) is 0 Å². The molecule has 48 heavy (non-hydrogen) atoms. The molecule has 0 bridgehead atoms. The van der Waals surface area contributed by atoms with Crippen molar-refractivity contribution in [3.8, 4) is 56.4 Å². The van der Waals surface area contributed by atoms with Gasteiger partial charge in [-0.15, -0.1) is 0 Å². The molecule has 0 spiro atoms. The van der Waals surface area contributed by atoms with Gasteiger partial charge in [0.25, 0.3) is 0 Å². The lowest BCUT2D eigenvalue weighted by molar-refractivity contribution is 1.07. The molecule has 3 nitrogen and oxygen atoms in total. The first-order chi connectivity index (χ1) is 23.8. The molecule has 0 aliphatic heterocycles. The average molecular weight is 612 g/mol. The van der Waals surface area contributed by atoms with E-state index in [1.165, 1.54) is 49.0 Å². The molecule has 0 saturated carbocycles. The Kier molecular flexibility index (Phi) is 6.80. The maximum absolute atomic E-state index is 4.96. The lowest BCUT2D eigenvalue weighted by Crippen LogP contribution is -2.00. The highest BCUT2D eigenvalue weighted by Gasteiger charge is 2.17. The second-order valence-electron chi connectivity index (χ2n) is 12.0. The minimum Gasteiger partial charge on any atom is -0.208 e. The fourth-order valence-electron chi connectivity index (χ4n) is 6.79. The fourth-order valence-corrected chi connectivity index (χ4v) is 6.79. The molecule has 224 valence electrons. The van der Waals surface area contributed by atoms with Gasteiger partial charge in [0.15, 0.2) is 17.5 Å². The third kappa shape index (κ3) is 4.90. The van der Waals surface area contributed by atoms with Crippen molar-refractivity contribution in [1.82, 2.24) is 15.0 Å². The van der Waals surface area contributed by atoms with E-state index in [4.69, 9.17) is 15.0 Å². The van der Waals surface area contributed by atoms with E-state index in [2.05, 4.69) is 115 Å². The highest BCUT2D eigenvalue weighted by atomic mass is 15.0. The highest BCUT2D eigenvalue weighted by Crippen LogP contribution is 2.43. The molecule has 1 heterocycles. The van der Waals surface area contributed by atoms with Gasteiger partial charge in [-0.3, -0.25) is 0 Å². The van der Waals surface area contributed by atoms with Crippen LogP contribution in [-0.4, -0.2) is 15.0 Å². The number of rotatable bonds is 5. The molecule has 0 N–H and O–H groups in total. The molecule has 9 rings (SSSR count). The summed E-state index contributed by atoms with van der Waals surface area (Å²) >= 11 is 0. The van der Waals surface area contributed by atoms with Crippen LogP contribution in [0.4, 0.5) is 0 Å². The summed E-state index contributed by atoms with van der Waals surface area (Å²) in [7, 11) is 0. The predicted molar refractivity (Wildman–Crippen MR) is 200 cm³/mol. The van der Waals surface area contributed by atoms with E-state index in [1.54, 1.807) is 0 Å². The van der Waals surface area contributed by atoms with Crippen molar-refractivity contribution in [2.75, 3.05) is 0 Å². The van der Waals surface area contributed by atoms with E-state index in [1.807, 2.05) is 60.7 Å². The van der Waals surface area contributed by atoms with Crippen LogP contribution in [0.2, 0.25) is 0 Å². The largest absolute Gasteiger partial charge is 0.208 e. The Morgan fingerprint density at radius 3 is 1.15 bits per heavy atom. The molecule has 0 unspecified atom stereocenters. The van der Waals surface area contributed by atoms with E-state index in [9.17, 15) is 0 Å². The molecule has 3 heteroatoms. The quantitative estimate of drug-likeness (QED) is 0.182. The minimum absolute atomic E-state index is 0.647. The topological polar surface area (TPSA) is 38.7 Å². The van der Waals surface area contributed by atoms with Crippen LogP contribution in [0.3, 0.4) is 0 Å². The van der Waals surface area contributed by atoms with Crippen LogP contribution in [0.15, 0.2) is 176 Å². The molecule has 0 aliphatic rings. The van der Waals surface area contributed by atoms with Crippen molar-refractivity contribution >= 4 is 32.3 Å². The monoisotopic (exact) mass is 611 g/mol. The maximum atomic E-state index is 4.96. The van der Waals surface area contributed by atoms with Crippen molar-refractivity contribution in [2.24, 2.45) is 0 Å². The minimum atomic E-state index is 0.647. The van der Waals surface area contributed by atoms with Crippen molar-refractivity contribution in [3.05, 3.63) is 176 Å². The van der Waals surface area contributed by atoms with Gasteiger partial charge in [-0.1, -0.05) is 164 Å². The van der Waals surface area contributed by atoms with Crippen LogP contribution < -0.4 is 0 Å². The summed E-state index contributed by atoms with van der Waals surface area (Å²) in [4.78, 5) is 14.8. The summed E-state index contributed by atoms with van der Waals surface area (Å²) in [5.74, 6) is 1.96. The molecule has 0 saturated heterocycles. The number of hydrogen-bond donors (Lipinski definition) is 0. The molecule has 0 fully saturated rings. The van der Waals surface area contributed by atoms with Crippen LogP contribution in [0, 0.1) is 0 Å². The number of fused-ring (bicyclic) bond motifs is 6. The van der Waals surface area contributed by atoms with Gasteiger partial charge in [0, 0.05) is 16.7 Å². The summed E-state index contributed by atoms with van der Waals surface area (Å²) in [6.45, 7) is 0.